The van der Waals surface area contributed by atoms with Crippen LogP contribution in [0.2, 0.25) is 0 Å². The van der Waals surface area contributed by atoms with Crippen LogP contribution in [0.3, 0.4) is 0 Å². The number of fused-ring (bicyclic) bond motifs is 1. The number of rotatable bonds is 4. The first-order chi connectivity index (χ1) is 14.3. The zero-order valence-corrected chi connectivity index (χ0v) is 16.4. The average Bonchev–Trinajstić information content (AvgIpc) is 2.74. The summed E-state index contributed by atoms with van der Waals surface area (Å²) in [4.78, 5) is 6.36. The second kappa shape index (κ2) is 8.22. The standard InChI is InChI=1S/C22H22F3N3O2/c1-14-4-2-7-17-19(14)18(21(29)28-8-10-30-11-9-28)13-26-20(17)27-16-6-3-5-15(12-16)22(23,24)25/h2-7,12-13,21,29H,8-11H2,1H3,(H,26,27). The number of hydrogen-bond acceptors (Lipinski definition) is 5. The van der Waals surface area contributed by atoms with Gasteiger partial charge in [0.2, 0.25) is 0 Å². The minimum atomic E-state index is -4.42. The third kappa shape index (κ3) is 4.12. The van der Waals surface area contributed by atoms with Crippen molar-refractivity contribution in [2.24, 2.45) is 0 Å². The lowest BCUT2D eigenvalue weighted by atomic mass is 10.00. The summed E-state index contributed by atoms with van der Waals surface area (Å²) in [5, 5.41) is 15.5. The van der Waals surface area contributed by atoms with Gasteiger partial charge in [0, 0.05) is 35.9 Å². The molecule has 0 aliphatic carbocycles. The Hall–Kier alpha value is -2.68. The Morgan fingerprint density at radius 1 is 1.13 bits per heavy atom. The van der Waals surface area contributed by atoms with Crippen molar-refractivity contribution in [1.82, 2.24) is 9.88 Å². The first-order valence-corrected chi connectivity index (χ1v) is 9.67. The van der Waals surface area contributed by atoms with E-state index < -0.39 is 18.0 Å². The van der Waals surface area contributed by atoms with Gasteiger partial charge in [-0.05, 0) is 36.1 Å². The molecule has 8 heteroatoms. The van der Waals surface area contributed by atoms with E-state index in [0.717, 1.165) is 28.5 Å². The Labute approximate surface area is 172 Å². The molecule has 1 aliphatic heterocycles. The second-order valence-corrected chi connectivity index (χ2v) is 7.29. The molecule has 1 unspecified atom stereocenters. The first-order valence-electron chi connectivity index (χ1n) is 9.67. The summed E-state index contributed by atoms with van der Waals surface area (Å²) in [6.45, 7) is 4.26. The van der Waals surface area contributed by atoms with Gasteiger partial charge < -0.3 is 15.2 Å². The molecule has 1 atom stereocenters. The summed E-state index contributed by atoms with van der Waals surface area (Å²) in [5.41, 5.74) is 1.18. The quantitative estimate of drug-likeness (QED) is 0.648. The van der Waals surface area contributed by atoms with Gasteiger partial charge in [-0.3, -0.25) is 4.90 Å². The number of aliphatic hydroxyl groups excluding tert-OH is 1. The highest BCUT2D eigenvalue weighted by Crippen LogP contribution is 2.35. The normalized spacial score (nSPS) is 16.6. The topological polar surface area (TPSA) is 57.6 Å². The van der Waals surface area contributed by atoms with Gasteiger partial charge in [0.25, 0.3) is 0 Å². The minimum Gasteiger partial charge on any atom is -0.379 e. The summed E-state index contributed by atoms with van der Waals surface area (Å²) in [5.74, 6) is 0.436. The van der Waals surface area contributed by atoms with Gasteiger partial charge in [-0.1, -0.05) is 24.3 Å². The van der Waals surface area contributed by atoms with Crippen molar-refractivity contribution < 1.29 is 23.0 Å². The fraction of sp³-hybridized carbons (Fsp3) is 0.318. The molecular formula is C22H22F3N3O2. The number of aromatic nitrogens is 1. The zero-order chi connectivity index (χ0) is 21.3. The van der Waals surface area contributed by atoms with Crippen LogP contribution in [-0.2, 0) is 10.9 Å². The number of halogens is 3. The number of benzene rings is 2. The Kier molecular flexibility index (Phi) is 5.64. The largest absolute Gasteiger partial charge is 0.416 e. The molecule has 1 fully saturated rings. The maximum absolute atomic E-state index is 13.0. The molecule has 0 saturated carbocycles. The van der Waals surface area contributed by atoms with Gasteiger partial charge in [-0.2, -0.15) is 13.2 Å². The molecule has 1 aromatic heterocycles. The molecule has 2 N–H and O–H groups in total. The van der Waals surface area contributed by atoms with Gasteiger partial charge in [-0.15, -0.1) is 0 Å². The smallest absolute Gasteiger partial charge is 0.379 e. The molecule has 0 bridgehead atoms. The average molecular weight is 417 g/mol. The molecule has 0 amide bonds. The van der Waals surface area contributed by atoms with Crippen LogP contribution < -0.4 is 5.32 Å². The van der Waals surface area contributed by atoms with Crippen LogP contribution in [0.5, 0.6) is 0 Å². The van der Waals surface area contributed by atoms with Crippen LogP contribution in [0.1, 0.15) is 22.9 Å². The fourth-order valence-electron chi connectivity index (χ4n) is 3.74. The summed E-state index contributed by atoms with van der Waals surface area (Å²) in [7, 11) is 0. The zero-order valence-electron chi connectivity index (χ0n) is 16.4. The third-order valence-electron chi connectivity index (χ3n) is 5.27. The van der Waals surface area contributed by atoms with Crippen molar-refractivity contribution in [2.75, 3.05) is 31.6 Å². The maximum Gasteiger partial charge on any atom is 0.416 e. The van der Waals surface area contributed by atoms with Crippen molar-refractivity contribution in [3.05, 3.63) is 65.4 Å². The predicted molar refractivity (Wildman–Crippen MR) is 109 cm³/mol. The van der Waals surface area contributed by atoms with Crippen LogP contribution in [0.4, 0.5) is 24.7 Å². The van der Waals surface area contributed by atoms with Crippen molar-refractivity contribution in [3.8, 4) is 0 Å². The van der Waals surface area contributed by atoms with Crippen molar-refractivity contribution in [2.45, 2.75) is 19.3 Å². The summed E-state index contributed by atoms with van der Waals surface area (Å²) in [6.07, 6.45) is -3.67. The molecule has 3 aromatic rings. The molecule has 158 valence electrons. The molecular weight excluding hydrogens is 395 g/mol. The number of aliphatic hydroxyl groups is 1. The van der Waals surface area contributed by atoms with E-state index >= 15 is 0 Å². The number of hydrogen-bond donors (Lipinski definition) is 2. The summed E-state index contributed by atoms with van der Waals surface area (Å²) in [6, 6.07) is 10.7. The van der Waals surface area contributed by atoms with Crippen LogP contribution in [-0.4, -0.2) is 41.3 Å². The summed E-state index contributed by atoms with van der Waals surface area (Å²) >= 11 is 0. The molecule has 30 heavy (non-hydrogen) atoms. The van der Waals surface area contributed by atoms with Gasteiger partial charge in [0.15, 0.2) is 0 Å². The van der Waals surface area contributed by atoms with E-state index in [0.29, 0.717) is 43.4 Å². The Balaban J connectivity index is 1.73. The summed E-state index contributed by atoms with van der Waals surface area (Å²) < 4.78 is 44.5. The second-order valence-electron chi connectivity index (χ2n) is 7.29. The number of pyridine rings is 1. The molecule has 4 rings (SSSR count). The van der Waals surface area contributed by atoms with E-state index in [2.05, 4.69) is 10.3 Å². The Morgan fingerprint density at radius 2 is 1.87 bits per heavy atom. The van der Waals surface area contributed by atoms with Crippen molar-refractivity contribution >= 4 is 22.3 Å². The highest BCUT2D eigenvalue weighted by Gasteiger charge is 2.30. The lowest BCUT2D eigenvalue weighted by Crippen LogP contribution is -2.39. The maximum atomic E-state index is 13.0. The van der Waals surface area contributed by atoms with E-state index in [1.807, 2.05) is 30.0 Å². The number of nitrogens with zero attached hydrogens (tertiary/aromatic N) is 2. The van der Waals surface area contributed by atoms with E-state index in [9.17, 15) is 18.3 Å². The lowest BCUT2D eigenvalue weighted by molar-refractivity contribution is -0.137. The number of anilines is 2. The molecule has 5 nitrogen and oxygen atoms in total. The van der Waals surface area contributed by atoms with E-state index in [1.54, 1.807) is 12.3 Å². The number of nitrogens with one attached hydrogen (secondary N) is 1. The molecule has 0 radical (unpaired) electrons. The fourth-order valence-corrected chi connectivity index (χ4v) is 3.74. The number of morpholine rings is 1. The number of ether oxygens (including phenoxy) is 1. The predicted octanol–water partition coefficient (Wildman–Crippen LogP) is 4.63. The molecule has 2 aromatic carbocycles. The molecule has 1 aliphatic rings. The monoisotopic (exact) mass is 417 g/mol. The SMILES string of the molecule is Cc1cccc2c(Nc3cccc(C(F)(F)F)c3)ncc(C(O)N3CCOCC3)c12. The Bertz CT molecular complexity index is 1050. The third-order valence-corrected chi connectivity index (χ3v) is 5.27. The van der Waals surface area contributed by atoms with Crippen molar-refractivity contribution in [1.29, 1.82) is 0 Å². The molecule has 2 heterocycles. The van der Waals surface area contributed by atoms with E-state index in [4.69, 9.17) is 4.74 Å². The van der Waals surface area contributed by atoms with E-state index in [1.165, 1.54) is 6.07 Å². The van der Waals surface area contributed by atoms with Crippen LogP contribution in [0, 0.1) is 6.92 Å². The lowest BCUT2D eigenvalue weighted by Gasteiger charge is -2.32. The van der Waals surface area contributed by atoms with Gasteiger partial charge in [0.1, 0.15) is 12.0 Å². The number of aryl methyl sites for hydroxylation is 1. The highest BCUT2D eigenvalue weighted by molar-refractivity contribution is 5.97. The minimum absolute atomic E-state index is 0.293. The number of alkyl halides is 3. The van der Waals surface area contributed by atoms with Gasteiger partial charge >= 0.3 is 6.18 Å². The van der Waals surface area contributed by atoms with Gasteiger partial charge in [0.05, 0.1) is 18.8 Å². The highest BCUT2D eigenvalue weighted by atomic mass is 19.4. The van der Waals surface area contributed by atoms with E-state index in [-0.39, 0.29) is 0 Å². The van der Waals surface area contributed by atoms with Gasteiger partial charge in [-0.25, -0.2) is 4.98 Å². The Morgan fingerprint density at radius 3 is 2.60 bits per heavy atom. The molecule has 0 spiro atoms. The van der Waals surface area contributed by atoms with Crippen LogP contribution >= 0.6 is 0 Å². The van der Waals surface area contributed by atoms with Crippen LogP contribution in [0.15, 0.2) is 48.7 Å². The molecule has 1 saturated heterocycles. The van der Waals surface area contributed by atoms with Crippen LogP contribution in [0.25, 0.3) is 10.8 Å². The van der Waals surface area contributed by atoms with Crippen molar-refractivity contribution in [3.63, 3.8) is 0 Å². The first kappa shape index (κ1) is 20.6.